The van der Waals surface area contributed by atoms with E-state index in [0.717, 1.165) is 36.2 Å². The second kappa shape index (κ2) is 8.18. The minimum atomic E-state index is -2.98. The first kappa shape index (κ1) is 18.5. The van der Waals surface area contributed by atoms with E-state index >= 15 is 0 Å². The van der Waals surface area contributed by atoms with Gasteiger partial charge in [-0.1, -0.05) is 27.7 Å². The summed E-state index contributed by atoms with van der Waals surface area (Å²) in [6, 6.07) is 0. The van der Waals surface area contributed by atoms with Crippen molar-refractivity contribution in [3.05, 3.63) is 17.0 Å². The number of hydrogen-bond donors (Lipinski definition) is 0. The topological polar surface area (TPSA) is 52.0 Å². The zero-order valence-corrected chi connectivity index (χ0v) is 15.1. The highest BCUT2D eigenvalue weighted by Gasteiger charge is 2.21. The Labute approximate surface area is 133 Å². The molecule has 1 aromatic heterocycles. The number of rotatable bonds is 9. The Hall–Kier alpha value is -0.550. The molecule has 1 heterocycles. The first-order chi connectivity index (χ1) is 9.90. The minimum absolute atomic E-state index is 0.0455. The molecule has 1 unspecified atom stereocenters. The lowest BCUT2D eigenvalue weighted by Crippen LogP contribution is -2.18. The van der Waals surface area contributed by atoms with Crippen molar-refractivity contribution in [2.45, 2.75) is 65.3 Å². The highest BCUT2D eigenvalue weighted by Crippen LogP contribution is 2.31. The van der Waals surface area contributed by atoms with Crippen LogP contribution in [0.1, 0.15) is 62.9 Å². The second-order valence-corrected chi connectivity index (χ2v) is 8.10. The molecule has 0 aliphatic heterocycles. The Morgan fingerprint density at radius 2 is 1.81 bits per heavy atom. The van der Waals surface area contributed by atoms with Gasteiger partial charge in [-0.3, -0.25) is 4.68 Å². The molecule has 122 valence electrons. The number of aromatic nitrogens is 2. The van der Waals surface area contributed by atoms with Crippen molar-refractivity contribution >= 4 is 21.4 Å². The summed E-state index contributed by atoms with van der Waals surface area (Å²) in [6.07, 6.45) is 3.15. The zero-order chi connectivity index (χ0) is 16.0. The molecule has 21 heavy (non-hydrogen) atoms. The van der Waals surface area contributed by atoms with Crippen LogP contribution in [-0.2, 0) is 29.2 Å². The van der Waals surface area contributed by atoms with Crippen LogP contribution in [0.3, 0.4) is 0 Å². The molecule has 0 aliphatic rings. The van der Waals surface area contributed by atoms with E-state index in [1.165, 1.54) is 0 Å². The average Bonchev–Trinajstić information content (AvgIpc) is 2.82. The molecule has 0 radical (unpaired) electrons. The van der Waals surface area contributed by atoms with Gasteiger partial charge < -0.3 is 0 Å². The molecule has 0 saturated carbocycles. The van der Waals surface area contributed by atoms with Crippen molar-refractivity contribution in [3.8, 4) is 0 Å². The van der Waals surface area contributed by atoms with Crippen LogP contribution in [0, 0.1) is 0 Å². The van der Waals surface area contributed by atoms with Crippen molar-refractivity contribution in [2.75, 3.05) is 11.5 Å². The molecule has 0 aliphatic carbocycles. The van der Waals surface area contributed by atoms with Crippen LogP contribution in [-0.4, -0.2) is 29.7 Å². The van der Waals surface area contributed by atoms with Crippen LogP contribution < -0.4 is 0 Å². The van der Waals surface area contributed by atoms with Gasteiger partial charge in [0.2, 0.25) is 0 Å². The Morgan fingerprint density at radius 3 is 2.29 bits per heavy atom. The van der Waals surface area contributed by atoms with Crippen molar-refractivity contribution in [2.24, 2.45) is 0 Å². The molecule has 0 saturated heterocycles. The molecule has 0 spiro atoms. The molecule has 1 atom stereocenters. The minimum Gasteiger partial charge on any atom is -0.268 e. The van der Waals surface area contributed by atoms with Crippen molar-refractivity contribution in [1.82, 2.24) is 9.78 Å². The van der Waals surface area contributed by atoms with Gasteiger partial charge in [-0.2, -0.15) is 5.10 Å². The number of halogens is 1. The van der Waals surface area contributed by atoms with E-state index in [-0.39, 0.29) is 16.9 Å². The smallest absolute Gasteiger partial charge is 0.152 e. The first-order valence-corrected chi connectivity index (χ1v) is 10.1. The fraction of sp³-hybridized carbons (Fsp3) is 0.800. The van der Waals surface area contributed by atoms with Crippen LogP contribution in [0.5, 0.6) is 0 Å². The predicted octanol–water partition coefficient (Wildman–Crippen LogP) is 3.52. The first-order valence-electron chi connectivity index (χ1n) is 7.82. The highest BCUT2D eigenvalue weighted by atomic mass is 35.5. The summed E-state index contributed by atoms with van der Waals surface area (Å²) < 4.78 is 25.6. The van der Waals surface area contributed by atoms with Gasteiger partial charge in [0, 0.05) is 17.0 Å². The van der Waals surface area contributed by atoms with Gasteiger partial charge in [-0.05, 0) is 25.7 Å². The summed E-state index contributed by atoms with van der Waals surface area (Å²) in [4.78, 5) is 0. The monoisotopic (exact) mass is 334 g/mol. The Balaban J connectivity index is 3.05. The van der Waals surface area contributed by atoms with Gasteiger partial charge in [0.05, 0.1) is 23.4 Å². The Kier molecular flexibility index (Phi) is 7.21. The summed E-state index contributed by atoms with van der Waals surface area (Å²) >= 11 is 6.44. The van der Waals surface area contributed by atoms with Crippen LogP contribution in [0.4, 0.5) is 0 Å². The molecular formula is C15H27ClN2O2S. The fourth-order valence-corrected chi connectivity index (χ4v) is 4.12. The third-order valence-corrected chi connectivity index (χ3v) is 6.01. The number of alkyl halides is 1. The summed E-state index contributed by atoms with van der Waals surface area (Å²) in [7, 11) is -2.98. The molecule has 4 nitrogen and oxygen atoms in total. The summed E-state index contributed by atoms with van der Waals surface area (Å²) in [6.45, 7) is 8.49. The highest BCUT2D eigenvalue weighted by molar-refractivity contribution is 7.91. The lowest BCUT2D eigenvalue weighted by atomic mass is 10.0. The molecule has 1 aromatic rings. The normalized spacial score (nSPS) is 13.6. The van der Waals surface area contributed by atoms with Crippen molar-refractivity contribution < 1.29 is 8.42 Å². The molecule has 1 rings (SSSR count). The molecule has 0 amide bonds. The average molecular weight is 335 g/mol. The summed E-state index contributed by atoms with van der Waals surface area (Å²) in [5.41, 5.74) is 3.19. The van der Waals surface area contributed by atoms with E-state index in [1.807, 2.05) is 11.6 Å². The zero-order valence-electron chi connectivity index (χ0n) is 13.5. The molecule has 0 N–H and O–H groups in total. The second-order valence-electron chi connectivity index (χ2n) is 5.26. The van der Waals surface area contributed by atoms with Crippen LogP contribution in [0.25, 0.3) is 0 Å². The van der Waals surface area contributed by atoms with Crippen LogP contribution >= 0.6 is 11.6 Å². The van der Waals surface area contributed by atoms with E-state index in [2.05, 4.69) is 25.9 Å². The maximum Gasteiger partial charge on any atom is 0.152 e. The summed E-state index contributed by atoms with van der Waals surface area (Å²) in [5.74, 6) is 0.396. The van der Waals surface area contributed by atoms with Gasteiger partial charge in [-0.25, -0.2) is 8.42 Å². The molecule has 0 bridgehead atoms. The maximum atomic E-state index is 11.9. The van der Waals surface area contributed by atoms with E-state index in [9.17, 15) is 8.42 Å². The third-order valence-electron chi connectivity index (χ3n) is 3.65. The largest absolute Gasteiger partial charge is 0.268 e. The number of hydrogen-bond acceptors (Lipinski definition) is 3. The Bertz CT molecular complexity index is 552. The molecule has 6 heteroatoms. The SMILES string of the molecule is CCCS(=O)(=O)CCn1nc(CC)c(C(Cl)CC)c1CC. The van der Waals surface area contributed by atoms with Crippen molar-refractivity contribution in [1.29, 1.82) is 0 Å². The number of sulfone groups is 1. The molecule has 0 fully saturated rings. The van der Waals surface area contributed by atoms with Gasteiger partial charge in [0.25, 0.3) is 0 Å². The number of aryl methyl sites for hydroxylation is 2. The Morgan fingerprint density at radius 1 is 1.14 bits per heavy atom. The number of nitrogens with zero attached hydrogens (tertiary/aromatic N) is 2. The quantitative estimate of drug-likeness (QED) is 0.649. The summed E-state index contributed by atoms with van der Waals surface area (Å²) in [5, 5.41) is 4.55. The lowest BCUT2D eigenvalue weighted by molar-refractivity contribution is 0.571. The van der Waals surface area contributed by atoms with E-state index in [4.69, 9.17) is 11.6 Å². The van der Waals surface area contributed by atoms with E-state index < -0.39 is 9.84 Å². The van der Waals surface area contributed by atoms with Crippen molar-refractivity contribution in [3.63, 3.8) is 0 Å². The predicted molar refractivity (Wildman–Crippen MR) is 88.8 cm³/mol. The molecule has 0 aromatic carbocycles. The fourth-order valence-electron chi connectivity index (χ4n) is 2.59. The van der Waals surface area contributed by atoms with Gasteiger partial charge >= 0.3 is 0 Å². The maximum absolute atomic E-state index is 11.9. The molecular weight excluding hydrogens is 308 g/mol. The van der Waals surface area contributed by atoms with Gasteiger partial charge in [-0.15, -0.1) is 11.6 Å². The third kappa shape index (κ3) is 4.71. The van der Waals surface area contributed by atoms with E-state index in [1.54, 1.807) is 0 Å². The standard InChI is InChI=1S/C15H27ClN2O2S/c1-5-10-21(19,20)11-9-18-14(8-4)15(12(16)6-2)13(7-3)17-18/h12H,5-11H2,1-4H3. The van der Waals surface area contributed by atoms with Gasteiger partial charge in [0.1, 0.15) is 0 Å². The lowest BCUT2D eigenvalue weighted by Gasteiger charge is -2.11. The van der Waals surface area contributed by atoms with Crippen LogP contribution in [0.15, 0.2) is 0 Å². The van der Waals surface area contributed by atoms with Gasteiger partial charge in [0.15, 0.2) is 9.84 Å². The van der Waals surface area contributed by atoms with Crippen LogP contribution in [0.2, 0.25) is 0 Å². The van der Waals surface area contributed by atoms with E-state index in [0.29, 0.717) is 13.0 Å².